The van der Waals surface area contributed by atoms with Gasteiger partial charge in [-0.1, -0.05) is 31.2 Å². The lowest BCUT2D eigenvalue weighted by atomic mass is 9.80. The third kappa shape index (κ3) is 4.38. The van der Waals surface area contributed by atoms with E-state index in [4.69, 9.17) is 14.2 Å². The molecule has 2 aliphatic rings. The molecule has 1 saturated heterocycles. The van der Waals surface area contributed by atoms with Crippen molar-refractivity contribution >= 4 is 16.0 Å². The van der Waals surface area contributed by atoms with Crippen molar-refractivity contribution in [2.24, 2.45) is 5.41 Å². The van der Waals surface area contributed by atoms with Gasteiger partial charge in [0.25, 0.3) is 0 Å². The van der Waals surface area contributed by atoms with Crippen LogP contribution in [0, 0.1) is 5.41 Å². The highest BCUT2D eigenvalue weighted by Crippen LogP contribution is 2.51. The molecule has 4 rings (SSSR count). The van der Waals surface area contributed by atoms with Crippen molar-refractivity contribution in [2.75, 3.05) is 27.4 Å². The van der Waals surface area contributed by atoms with Crippen LogP contribution in [-0.2, 0) is 24.3 Å². The van der Waals surface area contributed by atoms with E-state index in [0.717, 1.165) is 21.2 Å². The van der Waals surface area contributed by atoms with Crippen LogP contribution < -0.4 is 4.74 Å². The predicted octanol–water partition coefficient (Wildman–Crippen LogP) is 3.37. The number of sulfonamides is 1. The van der Waals surface area contributed by atoms with Crippen molar-refractivity contribution in [3.05, 3.63) is 48.5 Å². The second-order valence-corrected chi connectivity index (χ2v) is 11.0. The number of hydrogen-bond donors (Lipinski definition) is 1. The zero-order chi connectivity index (χ0) is 23.9. The molecule has 1 aliphatic carbocycles. The normalized spacial score (nSPS) is 23.2. The van der Waals surface area contributed by atoms with E-state index in [1.807, 2.05) is 24.3 Å². The summed E-state index contributed by atoms with van der Waals surface area (Å²) in [6.45, 7) is 2.72. The molecule has 2 aromatic carbocycles. The molecule has 9 heteroatoms. The van der Waals surface area contributed by atoms with Gasteiger partial charge < -0.3 is 19.3 Å². The molecule has 8 nitrogen and oxygen atoms in total. The van der Waals surface area contributed by atoms with Gasteiger partial charge in [0.15, 0.2) is 5.79 Å². The molecule has 33 heavy (non-hydrogen) atoms. The van der Waals surface area contributed by atoms with Gasteiger partial charge >= 0.3 is 5.97 Å². The molecule has 1 heterocycles. The Morgan fingerprint density at radius 3 is 2.09 bits per heavy atom. The zero-order valence-electron chi connectivity index (χ0n) is 19.0. The number of carbonyl (C=O) groups is 1. The number of rotatable bonds is 7. The molecule has 1 saturated carbocycles. The highest BCUT2D eigenvalue weighted by Gasteiger charge is 2.57. The fourth-order valence-electron chi connectivity index (χ4n) is 5.05. The van der Waals surface area contributed by atoms with Crippen LogP contribution in [0.1, 0.15) is 26.2 Å². The van der Waals surface area contributed by atoms with Crippen LogP contribution in [-0.4, -0.2) is 63.0 Å². The summed E-state index contributed by atoms with van der Waals surface area (Å²) < 4.78 is 44.5. The number of likely N-dealkylation sites (N-methyl/N-ethyl adjacent to an activating group) is 1. The molecule has 178 valence electrons. The Kier molecular flexibility index (Phi) is 6.26. The highest BCUT2D eigenvalue weighted by atomic mass is 32.2. The maximum absolute atomic E-state index is 13.4. The van der Waals surface area contributed by atoms with Gasteiger partial charge in [0, 0.05) is 25.3 Å². The molecule has 0 amide bonds. The summed E-state index contributed by atoms with van der Waals surface area (Å²) in [4.78, 5) is 12.3. The lowest BCUT2D eigenvalue weighted by Gasteiger charge is -2.37. The monoisotopic (exact) mass is 475 g/mol. The standard InChI is InChI=1S/C24H29NO7S/c1-23(12-13-24(16-23)31-14-15-32-24)21(22(26)27)25(2)33(28,29)20-10-6-18(7-11-20)17-4-8-19(30-3)9-5-17/h4-11,21H,12-16H2,1-3H3,(H,26,27). The molecular weight excluding hydrogens is 446 g/mol. The molecule has 2 aromatic rings. The number of carboxylic acid groups (broad SMARTS) is 1. The minimum Gasteiger partial charge on any atom is -0.497 e. The number of carboxylic acids is 1. The summed E-state index contributed by atoms with van der Waals surface area (Å²) >= 11 is 0. The minimum atomic E-state index is -4.05. The van der Waals surface area contributed by atoms with Crippen molar-refractivity contribution in [2.45, 2.75) is 42.9 Å². The minimum absolute atomic E-state index is 0.0400. The maximum Gasteiger partial charge on any atom is 0.322 e. The fraction of sp³-hybridized carbons (Fsp3) is 0.458. The molecule has 2 unspecified atom stereocenters. The van der Waals surface area contributed by atoms with Gasteiger partial charge in [-0.25, -0.2) is 8.42 Å². The Bertz CT molecular complexity index is 1110. The van der Waals surface area contributed by atoms with Crippen LogP contribution in [0.2, 0.25) is 0 Å². The molecular formula is C24H29NO7S. The van der Waals surface area contributed by atoms with Crippen LogP contribution in [0.25, 0.3) is 11.1 Å². The topological polar surface area (TPSA) is 102 Å². The number of ether oxygens (including phenoxy) is 3. The molecule has 1 aliphatic heterocycles. The Labute approximate surface area is 194 Å². The number of hydrogen-bond acceptors (Lipinski definition) is 6. The SMILES string of the molecule is COc1ccc(-c2ccc(S(=O)(=O)N(C)C(C(=O)O)C3(C)CCC4(C3)OCCO4)cc2)cc1. The van der Waals surface area contributed by atoms with E-state index in [1.165, 1.54) is 19.2 Å². The van der Waals surface area contributed by atoms with Gasteiger partial charge in [0.2, 0.25) is 10.0 Å². The van der Waals surface area contributed by atoms with E-state index in [0.29, 0.717) is 32.5 Å². The van der Waals surface area contributed by atoms with Gasteiger partial charge in [0.1, 0.15) is 11.8 Å². The Morgan fingerprint density at radius 2 is 1.58 bits per heavy atom. The van der Waals surface area contributed by atoms with Gasteiger partial charge in [-0.15, -0.1) is 0 Å². The molecule has 0 aromatic heterocycles. The van der Waals surface area contributed by atoms with E-state index in [9.17, 15) is 18.3 Å². The molecule has 1 N–H and O–H groups in total. The van der Waals surface area contributed by atoms with Crippen molar-refractivity contribution in [1.82, 2.24) is 4.31 Å². The summed E-state index contributed by atoms with van der Waals surface area (Å²) in [6.07, 6.45) is 1.35. The largest absolute Gasteiger partial charge is 0.497 e. The van der Waals surface area contributed by atoms with E-state index >= 15 is 0 Å². The average Bonchev–Trinajstić information content (AvgIpc) is 3.39. The first-order chi connectivity index (χ1) is 15.6. The molecule has 2 fully saturated rings. The highest BCUT2D eigenvalue weighted by molar-refractivity contribution is 7.89. The third-order valence-corrected chi connectivity index (χ3v) is 8.61. The zero-order valence-corrected chi connectivity index (χ0v) is 19.8. The summed E-state index contributed by atoms with van der Waals surface area (Å²) in [5.41, 5.74) is 0.923. The number of aliphatic carboxylic acids is 1. The summed E-state index contributed by atoms with van der Waals surface area (Å²) in [5, 5.41) is 10.0. The van der Waals surface area contributed by atoms with Crippen molar-refractivity contribution in [3.63, 3.8) is 0 Å². The molecule has 0 bridgehead atoms. The van der Waals surface area contributed by atoms with Crippen LogP contribution in [0.15, 0.2) is 53.4 Å². The second kappa shape index (κ2) is 8.72. The lowest BCUT2D eigenvalue weighted by molar-refractivity contribution is -0.162. The fourth-order valence-corrected chi connectivity index (χ4v) is 6.48. The van der Waals surface area contributed by atoms with Crippen molar-refractivity contribution in [1.29, 1.82) is 0 Å². The third-order valence-electron chi connectivity index (χ3n) is 6.78. The first-order valence-electron chi connectivity index (χ1n) is 10.8. The molecule has 0 radical (unpaired) electrons. The van der Waals surface area contributed by atoms with E-state index in [1.54, 1.807) is 26.2 Å². The van der Waals surface area contributed by atoms with E-state index in [2.05, 4.69) is 0 Å². The van der Waals surface area contributed by atoms with Gasteiger partial charge in [-0.05, 0) is 41.8 Å². The first kappa shape index (κ1) is 23.7. The number of benzene rings is 2. The second-order valence-electron chi connectivity index (χ2n) is 8.95. The number of nitrogens with zero attached hydrogens (tertiary/aromatic N) is 1. The van der Waals surface area contributed by atoms with Gasteiger partial charge in [-0.2, -0.15) is 4.31 Å². The lowest BCUT2D eigenvalue weighted by Crippen LogP contribution is -2.52. The maximum atomic E-state index is 13.4. The van der Waals surface area contributed by atoms with Gasteiger partial charge in [-0.3, -0.25) is 4.79 Å². The Balaban J connectivity index is 1.59. The van der Waals surface area contributed by atoms with E-state index in [-0.39, 0.29) is 4.90 Å². The quantitative estimate of drug-likeness (QED) is 0.655. The van der Waals surface area contributed by atoms with Crippen molar-refractivity contribution < 1.29 is 32.5 Å². The van der Waals surface area contributed by atoms with Crippen molar-refractivity contribution in [3.8, 4) is 16.9 Å². The predicted molar refractivity (Wildman–Crippen MR) is 121 cm³/mol. The first-order valence-corrected chi connectivity index (χ1v) is 12.3. The van der Waals surface area contributed by atoms with Gasteiger partial charge in [0.05, 0.1) is 25.2 Å². The van der Waals surface area contributed by atoms with E-state index < -0.39 is 33.2 Å². The number of methoxy groups -OCH3 is 1. The van der Waals surface area contributed by atoms with Crippen LogP contribution in [0.5, 0.6) is 5.75 Å². The Hall–Kier alpha value is -2.46. The smallest absolute Gasteiger partial charge is 0.322 e. The Morgan fingerprint density at radius 1 is 1.03 bits per heavy atom. The average molecular weight is 476 g/mol. The summed E-state index contributed by atoms with van der Waals surface area (Å²) in [6, 6.07) is 12.6. The van der Waals surface area contributed by atoms with Crippen LogP contribution in [0.4, 0.5) is 0 Å². The van der Waals surface area contributed by atoms with Crippen LogP contribution in [0.3, 0.4) is 0 Å². The van der Waals surface area contributed by atoms with Crippen LogP contribution >= 0.6 is 0 Å². The molecule has 2 atom stereocenters. The molecule has 1 spiro atoms. The summed E-state index contributed by atoms with van der Waals surface area (Å²) in [5.74, 6) is -1.27. The summed E-state index contributed by atoms with van der Waals surface area (Å²) in [7, 11) is -1.13.